The Labute approximate surface area is 122 Å². The van der Waals surface area contributed by atoms with E-state index in [9.17, 15) is 4.79 Å². The largest absolute Gasteiger partial charge is 0.390 e. The van der Waals surface area contributed by atoms with Gasteiger partial charge in [-0.05, 0) is 18.9 Å². The van der Waals surface area contributed by atoms with Crippen molar-refractivity contribution in [2.75, 3.05) is 0 Å². The fourth-order valence-corrected chi connectivity index (χ4v) is 1.94. The monoisotopic (exact) mass is 293 g/mol. The Morgan fingerprint density at radius 3 is 2.95 bits per heavy atom. The van der Waals surface area contributed by atoms with Gasteiger partial charge in [0.05, 0.1) is 5.71 Å². The van der Waals surface area contributed by atoms with Gasteiger partial charge in [0.2, 0.25) is 0 Å². The molecule has 6 heteroatoms. The number of unbranched alkanes of at least 4 members (excludes halogenated alkanes) is 1. The summed E-state index contributed by atoms with van der Waals surface area (Å²) < 4.78 is 0. The second kappa shape index (κ2) is 7.05. The third-order valence-corrected chi connectivity index (χ3v) is 3.25. The number of nitrogens with zero attached hydrogens (tertiary/aromatic N) is 2. The lowest BCUT2D eigenvalue weighted by molar-refractivity contribution is -0.114. The predicted octanol–water partition coefficient (Wildman–Crippen LogP) is 2.89. The minimum absolute atomic E-state index is 0.220. The number of carbonyl (C=O) groups is 1. The van der Waals surface area contributed by atoms with Crippen LogP contribution in [0.15, 0.2) is 34.5 Å². The Bertz CT molecular complexity index is 555. The molecular weight excluding hydrogens is 278 g/mol. The van der Waals surface area contributed by atoms with Crippen molar-refractivity contribution < 1.29 is 9.63 Å². The van der Waals surface area contributed by atoms with E-state index in [4.69, 9.17) is 16.4 Å². The topological polar surface area (TPSA) is 63.0 Å². The lowest BCUT2D eigenvalue weighted by Gasteiger charge is -2.03. The molecule has 0 bridgehead atoms. The maximum atomic E-state index is 11.6. The van der Waals surface area contributed by atoms with Crippen molar-refractivity contribution in [3.05, 3.63) is 34.9 Å². The molecule has 1 amide bonds. The average Bonchev–Trinajstić information content (AvgIpc) is 2.80. The van der Waals surface area contributed by atoms with Gasteiger partial charge < -0.3 is 4.84 Å². The summed E-state index contributed by atoms with van der Waals surface area (Å²) in [5.41, 5.74) is 4.13. The van der Waals surface area contributed by atoms with Crippen molar-refractivity contribution in [1.82, 2.24) is 5.43 Å². The molecule has 2 rings (SSSR count). The highest BCUT2D eigenvalue weighted by Gasteiger charge is 2.24. The molecule has 20 heavy (non-hydrogen) atoms. The van der Waals surface area contributed by atoms with Crippen molar-refractivity contribution in [3.63, 3.8) is 0 Å². The van der Waals surface area contributed by atoms with Crippen LogP contribution < -0.4 is 5.43 Å². The first-order valence-electron chi connectivity index (χ1n) is 6.53. The van der Waals surface area contributed by atoms with Crippen molar-refractivity contribution in [3.8, 4) is 0 Å². The number of hydrogen-bond donors (Lipinski definition) is 1. The quantitative estimate of drug-likeness (QED) is 0.820. The minimum atomic E-state index is -0.324. The van der Waals surface area contributed by atoms with E-state index in [0.29, 0.717) is 17.2 Å². The van der Waals surface area contributed by atoms with Gasteiger partial charge in [0.25, 0.3) is 5.91 Å². The number of hydrogen-bond acceptors (Lipinski definition) is 4. The maximum absolute atomic E-state index is 11.6. The summed E-state index contributed by atoms with van der Waals surface area (Å²) >= 11 is 6.01. The molecule has 0 saturated heterocycles. The van der Waals surface area contributed by atoms with Crippen LogP contribution in [0.2, 0.25) is 5.02 Å². The van der Waals surface area contributed by atoms with Crippen LogP contribution in [0.4, 0.5) is 0 Å². The van der Waals surface area contributed by atoms with E-state index in [1.165, 1.54) is 0 Å². The third kappa shape index (κ3) is 3.57. The number of halogens is 1. The average molecular weight is 294 g/mol. The molecule has 0 radical (unpaired) electrons. The summed E-state index contributed by atoms with van der Waals surface area (Å²) in [6.45, 7) is 2.30. The van der Waals surface area contributed by atoms with E-state index in [2.05, 4.69) is 22.6 Å². The normalized spacial score (nSPS) is 16.2. The van der Waals surface area contributed by atoms with E-state index >= 15 is 0 Å². The van der Waals surface area contributed by atoms with E-state index in [-0.39, 0.29) is 18.2 Å². The molecule has 0 atom stereocenters. The van der Waals surface area contributed by atoms with E-state index in [0.717, 1.165) is 18.4 Å². The van der Waals surface area contributed by atoms with E-state index < -0.39 is 0 Å². The smallest absolute Gasteiger partial charge is 0.295 e. The standard InChI is InChI=1S/C14H16ClN3O2/c1-2-3-8-12-13(14(19)17-16-12)18-20-9-10-6-4-5-7-11(10)15/h4-7H,2-3,8-9H2,1H3,(H,17,18,19). The van der Waals surface area contributed by atoms with Gasteiger partial charge in [0.1, 0.15) is 6.61 Å². The Hall–Kier alpha value is -1.88. The van der Waals surface area contributed by atoms with Crippen molar-refractivity contribution in [2.24, 2.45) is 10.3 Å². The summed E-state index contributed by atoms with van der Waals surface area (Å²) in [4.78, 5) is 16.8. The molecule has 5 nitrogen and oxygen atoms in total. The van der Waals surface area contributed by atoms with Crippen LogP contribution in [0.1, 0.15) is 31.7 Å². The summed E-state index contributed by atoms with van der Waals surface area (Å²) in [7, 11) is 0. The van der Waals surface area contributed by atoms with Crippen molar-refractivity contribution in [2.45, 2.75) is 32.8 Å². The van der Waals surface area contributed by atoms with E-state index in [1.54, 1.807) is 6.07 Å². The second-order valence-corrected chi connectivity index (χ2v) is 4.81. The molecule has 0 fully saturated rings. The first-order chi connectivity index (χ1) is 9.72. The van der Waals surface area contributed by atoms with Crippen LogP contribution in [-0.4, -0.2) is 17.3 Å². The first-order valence-corrected chi connectivity index (χ1v) is 6.90. The zero-order chi connectivity index (χ0) is 14.4. The fourth-order valence-electron chi connectivity index (χ4n) is 1.75. The summed E-state index contributed by atoms with van der Waals surface area (Å²) in [5.74, 6) is -0.324. The number of hydrazone groups is 1. The molecule has 1 N–H and O–H groups in total. The van der Waals surface area contributed by atoms with Crippen molar-refractivity contribution in [1.29, 1.82) is 0 Å². The molecule has 0 aliphatic carbocycles. The molecule has 1 aliphatic rings. The van der Waals surface area contributed by atoms with Gasteiger partial charge in [0.15, 0.2) is 5.71 Å². The maximum Gasteiger partial charge on any atom is 0.295 e. The Morgan fingerprint density at radius 2 is 2.20 bits per heavy atom. The van der Waals surface area contributed by atoms with Crippen LogP contribution in [0.5, 0.6) is 0 Å². The highest BCUT2D eigenvalue weighted by molar-refractivity contribution is 6.68. The number of benzene rings is 1. The van der Waals surface area contributed by atoms with Gasteiger partial charge in [0, 0.05) is 10.6 Å². The van der Waals surface area contributed by atoms with Gasteiger partial charge in [-0.3, -0.25) is 4.79 Å². The number of nitrogens with one attached hydrogen (secondary N) is 1. The third-order valence-electron chi connectivity index (χ3n) is 2.88. The van der Waals surface area contributed by atoms with E-state index in [1.807, 2.05) is 18.2 Å². The van der Waals surface area contributed by atoms with Crippen LogP contribution in [0, 0.1) is 0 Å². The molecule has 1 aromatic rings. The molecule has 0 spiro atoms. The van der Waals surface area contributed by atoms with Crippen LogP contribution in [0.3, 0.4) is 0 Å². The lowest BCUT2D eigenvalue weighted by Crippen LogP contribution is -2.23. The van der Waals surface area contributed by atoms with Crippen LogP contribution in [-0.2, 0) is 16.2 Å². The predicted molar refractivity (Wildman–Crippen MR) is 78.8 cm³/mol. The zero-order valence-electron chi connectivity index (χ0n) is 11.2. The van der Waals surface area contributed by atoms with Gasteiger partial charge in [-0.1, -0.05) is 48.3 Å². The number of carbonyl (C=O) groups excluding carboxylic acids is 1. The van der Waals surface area contributed by atoms with Gasteiger partial charge >= 0.3 is 0 Å². The Morgan fingerprint density at radius 1 is 1.40 bits per heavy atom. The molecule has 0 saturated carbocycles. The Balaban J connectivity index is 1.98. The van der Waals surface area contributed by atoms with Crippen molar-refractivity contribution >= 4 is 28.9 Å². The molecule has 1 aromatic carbocycles. The highest BCUT2D eigenvalue weighted by Crippen LogP contribution is 2.16. The summed E-state index contributed by atoms with van der Waals surface area (Å²) in [5, 5.41) is 8.46. The highest BCUT2D eigenvalue weighted by atomic mass is 35.5. The van der Waals surface area contributed by atoms with Crippen LogP contribution >= 0.6 is 11.6 Å². The second-order valence-electron chi connectivity index (χ2n) is 4.41. The number of rotatable bonds is 6. The molecule has 1 aliphatic heterocycles. The molecule has 0 unspecified atom stereocenters. The first kappa shape index (κ1) is 14.5. The molecule has 106 valence electrons. The number of amides is 1. The zero-order valence-corrected chi connectivity index (χ0v) is 12.0. The van der Waals surface area contributed by atoms with Gasteiger partial charge in [-0.15, -0.1) is 0 Å². The lowest BCUT2D eigenvalue weighted by atomic mass is 10.1. The van der Waals surface area contributed by atoms with Crippen LogP contribution in [0.25, 0.3) is 0 Å². The summed E-state index contributed by atoms with van der Waals surface area (Å²) in [6, 6.07) is 7.35. The molecule has 1 heterocycles. The molecular formula is C14H16ClN3O2. The van der Waals surface area contributed by atoms with Gasteiger partial charge in [-0.25, -0.2) is 5.43 Å². The summed E-state index contributed by atoms with van der Waals surface area (Å²) in [6.07, 6.45) is 2.70. The molecule has 0 aromatic heterocycles. The Kier molecular flexibility index (Phi) is 5.12. The minimum Gasteiger partial charge on any atom is -0.390 e. The van der Waals surface area contributed by atoms with Gasteiger partial charge in [-0.2, -0.15) is 5.10 Å². The number of oxime groups is 1. The fraction of sp³-hybridized carbons (Fsp3) is 0.357. The SMILES string of the molecule is CCCCC1=NNC(=O)C1=NOCc1ccccc1Cl.